The van der Waals surface area contributed by atoms with Gasteiger partial charge in [-0.2, -0.15) is 4.98 Å². The number of anilines is 4. The lowest BCUT2D eigenvalue weighted by Gasteiger charge is -2.34. The van der Waals surface area contributed by atoms with Crippen molar-refractivity contribution in [2.24, 2.45) is 0 Å². The Kier molecular flexibility index (Phi) is 8.21. The Balaban J connectivity index is 1.39. The summed E-state index contributed by atoms with van der Waals surface area (Å²) in [6, 6.07) is 7.28. The predicted octanol–water partition coefficient (Wildman–Crippen LogP) is 2.28. The molecule has 3 amide bonds. The maximum absolute atomic E-state index is 12.8. The molecule has 11 nitrogen and oxygen atoms in total. The zero-order valence-corrected chi connectivity index (χ0v) is 20.9. The van der Waals surface area contributed by atoms with E-state index in [1.165, 1.54) is 6.08 Å². The lowest BCUT2D eigenvalue weighted by molar-refractivity contribution is -0.117. The van der Waals surface area contributed by atoms with Gasteiger partial charge in [0.1, 0.15) is 11.6 Å². The number of rotatable bonds is 7. The van der Waals surface area contributed by atoms with E-state index in [2.05, 4.69) is 55.4 Å². The number of likely N-dealkylation sites (N-methyl/N-ethyl adjacent to an activating group) is 1. The highest BCUT2D eigenvalue weighted by Crippen LogP contribution is 2.32. The van der Waals surface area contributed by atoms with Crippen molar-refractivity contribution in [1.82, 2.24) is 25.1 Å². The smallest absolute Gasteiger partial charge is 0.323 e. The summed E-state index contributed by atoms with van der Waals surface area (Å²) in [6.45, 7) is 8.50. The number of nitrogens with zero attached hydrogens (tertiary/aromatic N) is 5. The number of amides is 3. The molecule has 0 saturated carbocycles. The summed E-state index contributed by atoms with van der Waals surface area (Å²) in [5.41, 5.74) is 1.84. The van der Waals surface area contributed by atoms with E-state index in [0.717, 1.165) is 50.4 Å². The third kappa shape index (κ3) is 6.42. The molecular formula is C25H34N8O3. The summed E-state index contributed by atoms with van der Waals surface area (Å²) in [6.07, 6.45) is 4.44. The molecule has 192 valence electrons. The highest BCUT2D eigenvalue weighted by atomic mass is 16.5. The molecule has 2 aliphatic rings. The van der Waals surface area contributed by atoms with E-state index in [1.807, 2.05) is 12.1 Å². The van der Waals surface area contributed by atoms with E-state index in [4.69, 9.17) is 4.74 Å². The van der Waals surface area contributed by atoms with Crippen molar-refractivity contribution in [3.05, 3.63) is 43.1 Å². The van der Waals surface area contributed by atoms with Crippen molar-refractivity contribution in [3.8, 4) is 5.75 Å². The van der Waals surface area contributed by atoms with Crippen molar-refractivity contribution in [1.29, 1.82) is 0 Å². The van der Waals surface area contributed by atoms with E-state index in [0.29, 0.717) is 30.6 Å². The highest BCUT2D eigenvalue weighted by Gasteiger charge is 2.24. The quantitative estimate of drug-likeness (QED) is 0.503. The molecule has 4 rings (SSSR count). The van der Waals surface area contributed by atoms with Crippen LogP contribution in [0.3, 0.4) is 0 Å². The normalized spacial score (nSPS) is 18.3. The van der Waals surface area contributed by atoms with Crippen LogP contribution in [0.15, 0.2) is 43.1 Å². The number of likely N-dealkylation sites (tertiary alicyclic amines) is 1. The Labute approximate surface area is 211 Å². The first-order chi connectivity index (χ1) is 17.4. The third-order valence-electron chi connectivity index (χ3n) is 6.43. The number of ether oxygens (including phenoxy) is 1. The van der Waals surface area contributed by atoms with E-state index >= 15 is 0 Å². The van der Waals surface area contributed by atoms with Gasteiger partial charge in [0.2, 0.25) is 11.9 Å². The number of hydrogen-bond acceptors (Lipinski definition) is 8. The number of urea groups is 1. The van der Waals surface area contributed by atoms with Gasteiger partial charge in [0.15, 0.2) is 0 Å². The van der Waals surface area contributed by atoms with Crippen LogP contribution >= 0.6 is 0 Å². The summed E-state index contributed by atoms with van der Waals surface area (Å²) in [7, 11) is 3.77. The van der Waals surface area contributed by atoms with Gasteiger partial charge in [0.25, 0.3) is 0 Å². The molecule has 1 aromatic heterocycles. The molecule has 2 aromatic rings. The summed E-state index contributed by atoms with van der Waals surface area (Å²) in [5, 5.41) is 8.88. The molecule has 11 heteroatoms. The molecule has 0 aliphatic carbocycles. The lowest BCUT2D eigenvalue weighted by Crippen LogP contribution is -2.50. The number of carbonyl (C=O) groups is 2. The molecule has 2 aliphatic heterocycles. The molecule has 3 heterocycles. The molecule has 3 N–H and O–H groups in total. The van der Waals surface area contributed by atoms with Gasteiger partial charge in [-0.3, -0.25) is 10.1 Å². The highest BCUT2D eigenvalue weighted by molar-refractivity contribution is 5.89. The summed E-state index contributed by atoms with van der Waals surface area (Å²) >= 11 is 0. The van der Waals surface area contributed by atoms with Crippen LogP contribution in [0.4, 0.5) is 27.9 Å². The number of benzene rings is 1. The predicted molar refractivity (Wildman–Crippen MR) is 140 cm³/mol. The number of piperidine rings is 1. The van der Waals surface area contributed by atoms with E-state index in [9.17, 15) is 9.59 Å². The minimum Gasteiger partial charge on any atom is -0.494 e. The van der Waals surface area contributed by atoms with Gasteiger partial charge in [0.05, 0.1) is 12.8 Å². The first-order valence-corrected chi connectivity index (χ1v) is 12.2. The number of aromatic nitrogens is 2. The second-order valence-electron chi connectivity index (χ2n) is 8.99. The van der Waals surface area contributed by atoms with Crippen LogP contribution in [0.1, 0.15) is 12.8 Å². The molecule has 0 spiro atoms. The van der Waals surface area contributed by atoms with Gasteiger partial charge in [-0.1, -0.05) is 6.58 Å². The maximum Gasteiger partial charge on any atom is 0.323 e. The van der Waals surface area contributed by atoms with Crippen LogP contribution in [-0.2, 0) is 4.79 Å². The monoisotopic (exact) mass is 494 g/mol. The van der Waals surface area contributed by atoms with Crippen LogP contribution in [0.2, 0.25) is 0 Å². The second-order valence-corrected chi connectivity index (χ2v) is 8.99. The fraction of sp³-hybridized carbons (Fsp3) is 0.440. The van der Waals surface area contributed by atoms with Crippen molar-refractivity contribution < 1.29 is 14.3 Å². The Morgan fingerprint density at radius 3 is 2.72 bits per heavy atom. The summed E-state index contributed by atoms with van der Waals surface area (Å²) in [5.74, 6) is 1.17. The standard InChI is InChI=1S/C25H34N8O3/c1-4-23(34)27-18-6-5-11-33(17-18)25(35)30-22-9-10-26-24(29-22)28-20-8-7-19(16-21(20)36-3)32-14-12-31(2)13-15-32/h4,7-10,16,18H,1,5-6,11-15,17H2,2-3H3,(H,27,34)(H2,26,28,29,30,35). The Bertz CT molecular complexity index is 1090. The summed E-state index contributed by atoms with van der Waals surface area (Å²) in [4.78, 5) is 39.5. The SMILES string of the molecule is C=CC(=O)NC1CCCN(C(=O)Nc2ccnc(Nc3ccc(N4CCN(C)CC4)cc3OC)n2)C1. The average molecular weight is 495 g/mol. The number of carbonyl (C=O) groups excluding carboxylic acids is 2. The van der Waals surface area contributed by atoms with Crippen molar-refractivity contribution >= 4 is 35.1 Å². The zero-order chi connectivity index (χ0) is 25.5. The first kappa shape index (κ1) is 25.2. The molecule has 36 heavy (non-hydrogen) atoms. The van der Waals surface area contributed by atoms with Gasteiger partial charge in [-0.15, -0.1) is 0 Å². The largest absolute Gasteiger partial charge is 0.494 e. The summed E-state index contributed by atoms with van der Waals surface area (Å²) < 4.78 is 5.62. The average Bonchev–Trinajstić information content (AvgIpc) is 2.89. The van der Waals surface area contributed by atoms with Gasteiger partial charge in [-0.25, -0.2) is 9.78 Å². The van der Waals surface area contributed by atoms with E-state index < -0.39 is 0 Å². The minimum absolute atomic E-state index is 0.0982. The van der Waals surface area contributed by atoms with Gasteiger partial charge >= 0.3 is 6.03 Å². The van der Waals surface area contributed by atoms with Crippen LogP contribution in [0, 0.1) is 0 Å². The Hall–Kier alpha value is -3.86. The van der Waals surface area contributed by atoms with E-state index in [-0.39, 0.29) is 18.0 Å². The van der Waals surface area contributed by atoms with Crippen LogP contribution in [0.25, 0.3) is 0 Å². The third-order valence-corrected chi connectivity index (χ3v) is 6.43. The number of methoxy groups -OCH3 is 1. The van der Waals surface area contributed by atoms with Gasteiger partial charge in [-0.05, 0) is 44.2 Å². The molecule has 1 unspecified atom stereocenters. The fourth-order valence-corrected chi connectivity index (χ4v) is 4.38. The van der Waals surface area contributed by atoms with Crippen molar-refractivity contribution in [2.45, 2.75) is 18.9 Å². The Morgan fingerprint density at radius 1 is 1.17 bits per heavy atom. The molecule has 2 fully saturated rings. The molecular weight excluding hydrogens is 460 g/mol. The van der Waals surface area contributed by atoms with E-state index in [1.54, 1.807) is 24.3 Å². The maximum atomic E-state index is 12.8. The van der Waals surface area contributed by atoms with Gasteiger partial charge < -0.3 is 30.1 Å². The van der Waals surface area contributed by atoms with Crippen LogP contribution in [0.5, 0.6) is 5.75 Å². The second kappa shape index (κ2) is 11.7. The molecule has 0 radical (unpaired) electrons. The van der Waals surface area contributed by atoms with Gasteiger partial charge in [0, 0.05) is 63.3 Å². The number of nitrogens with one attached hydrogen (secondary N) is 3. The number of piperazine rings is 1. The zero-order valence-electron chi connectivity index (χ0n) is 20.9. The fourth-order valence-electron chi connectivity index (χ4n) is 4.38. The topological polar surface area (TPSA) is 115 Å². The molecule has 1 atom stereocenters. The van der Waals surface area contributed by atoms with Crippen LogP contribution in [-0.4, -0.2) is 91.2 Å². The number of hydrogen-bond donors (Lipinski definition) is 3. The van der Waals surface area contributed by atoms with Crippen LogP contribution < -0.4 is 25.6 Å². The molecule has 0 bridgehead atoms. The van der Waals surface area contributed by atoms with Crippen molar-refractivity contribution in [3.63, 3.8) is 0 Å². The first-order valence-electron chi connectivity index (χ1n) is 12.2. The lowest BCUT2D eigenvalue weighted by atomic mass is 10.1. The Morgan fingerprint density at radius 2 is 1.97 bits per heavy atom. The minimum atomic E-state index is -0.272. The molecule has 2 saturated heterocycles. The molecule has 1 aromatic carbocycles. The van der Waals surface area contributed by atoms with Crippen molar-refractivity contribution in [2.75, 3.05) is 69.0 Å².